The molecule has 1 aliphatic carbocycles. The molecule has 0 spiro atoms. The van der Waals surface area contributed by atoms with Crippen molar-refractivity contribution in [2.24, 2.45) is 5.92 Å². The lowest BCUT2D eigenvalue weighted by molar-refractivity contribution is -0.144. The van der Waals surface area contributed by atoms with Crippen molar-refractivity contribution in [1.29, 1.82) is 0 Å². The number of anilines is 1. The normalized spacial score (nSPS) is 26.0. The van der Waals surface area contributed by atoms with Crippen LogP contribution in [0.1, 0.15) is 74.2 Å². The van der Waals surface area contributed by atoms with E-state index >= 15 is 4.39 Å². The van der Waals surface area contributed by atoms with Gasteiger partial charge in [0.1, 0.15) is 5.82 Å². The molecule has 0 radical (unpaired) electrons. The molecule has 1 saturated carbocycles. The molecule has 12 heteroatoms. The standard InChI is InChI=1S/C37H45ClFN3O6S/c1-3-24-10-11-25(19-47-2)42(24)26-16-27(20-48-28-12-8-22(9-13-28)37(45)46)41(18-26)35(43)15-23-14-31(38)33(17-32(23)39)40-36(44)30-21-49-34-7-5-4-6-29(30)34/h4-7,14,17,21-22,24-28H,3,8-13,15-16,18-20H2,1-2H3,(H,40,44)(H,45,46)/t22-,24-,25+,26-,27-,28-/m0/s1. The summed E-state index contributed by atoms with van der Waals surface area (Å²) in [5.41, 5.74) is 0.790. The van der Waals surface area contributed by atoms with Crippen molar-refractivity contribution in [3.63, 3.8) is 0 Å². The van der Waals surface area contributed by atoms with Crippen LogP contribution >= 0.6 is 22.9 Å². The van der Waals surface area contributed by atoms with Gasteiger partial charge in [0.2, 0.25) is 5.91 Å². The van der Waals surface area contributed by atoms with E-state index < -0.39 is 11.8 Å². The second-order valence-electron chi connectivity index (χ2n) is 13.6. The number of nitrogens with one attached hydrogen (secondary N) is 1. The quantitative estimate of drug-likeness (QED) is 0.208. The van der Waals surface area contributed by atoms with Gasteiger partial charge >= 0.3 is 5.97 Å². The number of carbonyl (C=O) groups excluding carboxylic acids is 2. The van der Waals surface area contributed by atoms with Gasteiger partial charge in [-0.15, -0.1) is 11.3 Å². The molecule has 0 bridgehead atoms. The van der Waals surface area contributed by atoms with Gasteiger partial charge in [-0.2, -0.15) is 0 Å². The maximum Gasteiger partial charge on any atom is 0.306 e. The third kappa shape index (κ3) is 7.96. The molecule has 6 rings (SSSR count). The second kappa shape index (κ2) is 15.9. The zero-order valence-corrected chi connectivity index (χ0v) is 29.6. The van der Waals surface area contributed by atoms with Crippen LogP contribution in [0.2, 0.25) is 5.02 Å². The molecule has 0 unspecified atom stereocenters. The molecule has 9 nitrogen and oxygen atoms in total. The monoisotopic (exact) mass is 713 g/mol. The van der Waals surface area contributed by atoms with Crippen molar-refractivity contribution in [3.8, 4) is 0 Å². The largest absolute Gasteiger partial charge is 0.481 e. The van der Waals surface area contributed by atoms with Crippen LogP contribution in [0.4, 0.5) is 10.1 Å². The van der Waals surface area contributed by atoms with Crippen molar-refractivity contribution >= 4 is 56.5 Å². The summed E-state index contributed by atoms with van der Waals surface area (Å²) in [6.07, 6.45) is 6.16. The minimum absolute atomic E-state index is 0.0471. The summed E-state index contributed by atoms with van der Waals surface area (Å²) in [7, 11) is 1.72. The third-order valence-corrected chi connectivity index (χ3v) is 11.9. The number of amides is 2. The highest BCUT2D eigenvalue weighted by Gasteiger charge is 2.44. The Balaban J connectivity index is 1.16. The average Bonchev–Trinajstić information content (AvgIpc) is 3.83. The number of rotatable bonds is 12. The van der Waals surface area contributed by atoms with E-state index in [1.54, 1.807) is 12.5 Å². The van der Waals surface area contributed by atoms with Gasteiger partial charge in [-0.05, 0) is 75.1 Å². The minimum atomic E-state index is -0.755. The van der Waals surface area contributed by atoms with Gasteiger partial charge in [0.15, 0.2) is 0 Å². The highest BCUT2D eigenvalue weighted by Crippen LogP contribution is 2.36. The molecule has 2 amide bonds. The van der Waals surface area contributed by atoms with Crippen molar-refractivity contribution in [1.82, 2.24) is 9.80 Å². The van der Waals surface area contributed by atoms with Gasteiger partial charge in [0.25, 0.3) is 5.91 Å². The van der Waals surface area contributed by atoms with Crippen LogP contribution in [0, 0.1) is 11.7 Å². The topological polar surface area (TPSA) is 108 Å². The molecule has 3 aliphatic rings. The van der Waals surface area contributed by atoms with Crippen LogP contribution in [-0.2, 0) is 25.5 Å². The Hall–Kier alpha value is -3.09. The molecule has 3 aromatic rings. The van der Waals surface area contributed by atoms with Gasteiger partial charge in [-0.3, -0.25) is 19.3 Å². The Kier molecular flexibility index (Phi) is 11.6. The van der Waals surface area contributed by atoms with Crippen LogP contribution in [0.3, 0.4) is 0 Å². The molecular weight excluding hydrogens is 669 g/mol. The molecule has 264 valence electrons. The first kappa shape index (κ1) is 35.7. The number of fused-ring (bicyclic) bond motifs is 1. The maximum atomic E-state index is 15.6. The third-order valence-electron chi connectivity index (χ3n) is 10.6. The van der Waals surface area contributed by atoms with Gasteiger partial charge in [-0.25, -0.2) is 4.39 Å². The summed E-state index contributed by atoms with van der Waals surface area (Å²) in [4.78, 5) is 42.9. The zero-order chi connectivity index (χ0) is 34.7. The molecule has 2 aliphatic heterocycles. The number of carboxylic acids is 1. The molecule has 3 heterocycles. The number of ether oxygens (including phenoxy) is 2. The van der Waals surface area contributed by atoms with Crippen LogP contribution in [0.15, 0.2) is 41.8 Å². The number of carboxylic acid groups (broad SMARTS) is 1. The molecule has 1 aromatic heterocycles. The number of halogens is 2. The number of hydrogen-bond donors (Lipinski definition) is 2. The Morgan fingerprint density at radius 1 is 1.04 bits per heavy atom. The van der Waals surface area contributed by atoms with E-state index in [0.717, 1.165) is 35.8 Å². The smallest absolute Gasteiger partial charge is 0.306 e. The lowest BCUT2D eigenvalue weighted by Crippen LogP contribution is -2.47. The van der Waals surface area contributed by atoms with Gasteiger partial charge in [0.05, 0.1) is 54.0 Å². The Morgan fingerprint density at radius 3 is 2.53 bits per heavy atom. The van der Waals surface area contributed by atoms with Crippen molar-refractivity contribution in [2.45, 2.75) is 95.0 Å². The number of benzene rings is 2. The predicted molar refractivity (Wildman–Crippen MR) is 189 cm³/mol. The van der Waals surface area contributed by atoms with E-state index in [0.29, 0.717) is 57.0 Å². The minimum Gasteiger partial charge on any atom is -0.481 e. The molecule has 2 saturated heterocycles. The molecular formula is C37H45ClFN3O6S. The maximum absolute atomic E-state index is 15.6. The van der Waals surface area contributed by atoms with E-state index in [-0.39, 0.29) is 64.7 Å². The number of nitrogens with zero attached hydrogens (tertiary/aromatic N) is 2. The van der Waals surface area contributed by atoms with Crippen LogP contribution < -0.4 is 5.32 Å². The Labute approximate surface area is 295 Å². The zero-order valence-electron chi connectivity index (χ0n) is 28.0. The van der Waals surface area contributed by atoms with Gasteiger partial charge < -0.3 is 24.8 Å². The van der Waals surface area contributed by atoms with Crippen molar-refractivity contribution in [2.75, 3.05) is 32.2 Å². The molecule has 2 N–H and O–H groups in total. The molecule has 49 heavy (non-hydrogen) atoms. The number of hydrogen-bond acceptors (Lipinski definition) is 7. The van der Waals surface area contributed by atoms with Crippen molar-refractivity contribution in [3.05, 3.63) is 63.7 Å². The summed E-state index contributed by atoms with van der Waals surface area (Å²) in [5, 5.41) is 14.9. The van der Waals surface area contributed by atoms with Crippen LogP contribution in [0.5, 0.6) is 0 Å². The lowest BCUT2D eigenvalue weighted by atomic mass is 9.87. The SMILES string of the molecule is CC[C@H]1CC[C@H](COC)N1[C@H]1C[C@@H](CO[C@H]2CC[C@H](C(=O)O)CC2)N(C(=O)Cc2cc(Cl)c(NC(=O)c3csc4ccccc34)cc2F)C1. The second-order valence-corrected chi connectivity index (χ2v) is 14.9. The van der Waals surface area contributed by atoms with Gasteiger partial charge in [-0.1, -0.05) is 36.7 Å². The van der Waals surface area contributed by atoms with E-state index in [9.17, 15) is 19.5 Å². The van der Waals surface area contributed by atoms with E-state index in [1.807, 2.05) is 29.2 Å². The predicted octanol–water partition coefficient (Wildman–Crippen LogP) is 7.01. The summed E-state index contributed by atoms with van der Waals surface area (Å²) in [5.74, 6) is -2.30. The first-order valence-electron chi connectivity index (χ1n) is 17.3. The number of likely N-dealkylation sites (tertiary alicyclic amines) is 2. The number of carbonyl (C=O) groups is 3. The fraction of sp³-hybridized carbons (Fsp3) is 0.541. The van der Waals surface area contributed by atoms with E-state index in [1.165, 1.54) is 23.5 Å². The fourth-order valence-corrected chi connectivity index (χ4v) is 9.25. The van der Waals surface area contributed by atoms with Crippen molar-refractivity contribution < 1.29 is 33.4 Å². The fourth-order valence-electron chi connectivity index (χ4n) is 8.08. The highest BCUT2D eigenvalue weighted by atomic mass is 35.5. The van der Waals surface area contributed by atoms with Crippen LogP contribution in [-0.4, -0.2) is 89.8 Å². The summed E-state index contributed by atoms with van der Waals surface area (Å²) < 4.78 is 28.5. The average molecular weight is 714 g/mol. The molecule has 2 aromatic carbocycles. The molecule has 3 fully saturated rings. The van der Waals surface area contributed by atoms with Crippen LogP contribution in [0.25, 0.3) is 10.1 Å². The van der Waals surface area contributed by atoms with Gasteiger partial charge in [0, 0.05) is 47.2 Å². The first-order valence-corrected chi connectivity index (χ1v) is 18.6. The first-order chi connectivity index (χ1) is 23.7. The number of methoxy groups -OCH3 is 1. The number of thiophene rings is 1. The lowest BCUT2D eigenvalue weighted by Gasteiger charge is -2.35. The van der Waals surface area contributed by atoms with E-state index in [4.69, 9.17) is 21.1 Å². The number of aliphatic carboxylic acids is 1. The Bertz CT molecular complexity index is 1660. The highest BCUT2D eigenvalue weighted by molar-refractivity contribution is 7.17. The summed E-state index contributed by atoms with van der Waals surface area (Å²) in [6.45, 7) is 3.67. The van der Waals surface area contributed by atoms with E-state index in [2.05, 4.69) is 17.1 Å². The Morgan fingerprint density at radius 2 is 1.80 bits per heavy atom. The summed E-state index contributed by atoms with van der Waals surface area (Å²) >= 11 is 8.03. The molecule has 4 atom stereocenters. The summed E-state index contributed by atoms with van der Waals surface area (Å²) in [6, 6.07) is 10.8.